The van der Waals surface area contributed by atoms with E-state index in [-0.39, 0.29) is 5.56 Å². The highest BCUT2D eigenvalue weighted by Crippen LogP contribution is 2.13. The van der Waals surface area contributed by atoms with Crippen molar-refractivity contribution in [2.75, 3.05) is 5.43 Å². The summed E-state index contributed by atoms with van der Waals surface area (Å²) >= 11 is 0. The van der Waals surface area contributed by atoms with E-state index in [0.717, 1.165) is 10.2 Å². The number of benzene rings is 2. The van der Waals surface area contributed by atoms with E-state index < -0.39 is 12.0 Å². The predicted octanol–water partition coefficient (Wildman–Crippen LogP) is 2.24. The molecule has 1 heterocycles. The molecule has 0 aliphatic rings. The molecule has 24 heavy (non-hydrogen) atoms. The van der Waals surface area contributed by atoms with E-state index in [1.54, 1.807) is 43.3 Å². The smallest absolute Gasteiger partial charge is 0.280 e. The van der Waals surface area contributed by atoms with Gasteiger partial charge in [-0.1, -0.05) is 29.8 Å². The van der Waals surface area contributed by atoms with Crippen LogP contribution in [0.25, 0.3) is 10.9 Å². The van der Waals surface area contributed by atoms with Crippen molar-refractivity contribution in [3.05, 3.63) is 70.8 Å². The first-order chi connectivity index (χ1) is 11.5. The quantitative estimate of drug-likeness (QED) is 0.799. The van der Waals surface area contributed by atoms with Crippen molar-refractivity contribution in [1.29, 1.82) is 0 Å². The minimum atomic E-state index is -0.758. The Kier molecular flexibility index (Phi) is 4.29. The molecule has 0 saturated heterocycles. The molecule has 1 unspecified atom stereocenters. The van der Waals surface area contributed by atoms with Gasteiger partial charge in [0, 0.05) is 0 Å². The van der Waals surface area contributed by atoms with Crippen molar-refractivity contribution >= 4 is 16.8 Å². The number of amides is 1. The average Bonchev–Trinajstić information content (AvgIpc) is 2.59. The molecule has 3 aromatic rings. The lowest BCUT2D eigenvalue weighted by atomic mass is 10.2. The first-order valence-corrected chi connectivity index (χ1v) is 7.55. The Morgan fingerprint density at radius 1 is 1.17 bits per heavy atom. The molecule has 0 aliphatic carbocycles. The lowest BCUT2D eigenvalue weighted by molar-refractivity contribution is -0.123. The van der Waals surface area contributed by atoms with Gasteiger partial charge in [0.1, 0.15) is 12.1 Å². The number of carbonyl (C=O) groups is 1. The number of aryl methyl sites for hydroxylation is 1. The summed E-state index contributed by atoms with van der Waals surface area (Å²) in [6.07, 6.45) is 0.535. The fourth-order valence-electron chi connectivity index (χ4n) is 2.23. The second-order valence-corrected chi connectivity index (χ2v) is 5.49. The van der Waals surface area contributed by atoms with Crippen LogP contribution in [-0.4, -0.2) is 21.7 Å². The van der Waals surface area contributed by atoms with Crippen LogP contribution in [-0.2, 0) is 4.79 Å². The Morgan fingerprint density at radius 3 is 2.62 bits per heavy atom. The van der Waals surface area contributed by atoms with E-state index in [2.05, 4.69) is 10.4 Å². The van der Waals surface area contributed by atoms with Gasteiger partial charge in [-0.2, -0.15) is 0 Å². The summed E-state index contributed by atoms with van der Waals surface area (Å²) in [5.41, 5.74) is 3.86. The summed E-state index contributed by atoms with van der Waals surface area (Å²) in [5.74, 6) is 0.155. The molecule has 122 valence electrons. The Labute approximate surface area is 138 Å². The maximum atomic E-state index is 12.3. The van der Waals surface area contributed by atoms with Gasteiger partial charge in [-0.3, -0.25) is 15.0 Å². The zero-order valence-electron chi connectivity index (χ0n) is 13.4. The van der Waals surface area contributed by atoms with E-state index in [4.69, 9.17) is 4.74 Å². The summed E-state index contributed by atoms with van der Waals surface area (Å²) in [7, 11) is 0. The first-order valence-electron chi connectivity index (χ1n) is 7.55. The van der Waals surface area contributed by atoms with E-state index >= 15 is 0 Å². The molecule has 6 heteroatoms. The van der Waals surface area contributed by atoms with Crippen molar-refractivity contribution < 1.29 is 9.53 Å². The summed E-state index contributed by atoms with van der Waals surface area (Å²) in [6, 6.07) is 14.3. The molecule has 2 aromatic carbocycles. The van der Waals surface area contributed by atoms with Crippen LogP contribution >= 0.6 is 0 Å². The summed E-state index contributed by atoms with van der Waals surface area (Å²) in [4.78, 5) is 28.8. The highest BCUT2D eigenvalue weighted by molar-refractivity contribution is 5.88. The third-order valence-electron chi connectivity index (χ3n) is 3.60. The molecule has 6 nitrogen and oxygen atoms in total. The predicted molar refractivity (Wildman–Crippen MR) is 91.6 cm³/mol. The van der Waals surface area contributed by atoms with E-state index in [9.17, 15) is 9.59 Å². The highest BCUT2D eigenvalue weighted by Gasteiger charge is 2.16. The SMILES string of the molecule is Cc1ccc(OC(C)C(=O)Nn2cnc3ccccc3c2=O)cc1. The van der Waals surface area contributed by atoms with Gasteiger partial charge in [0.15, 0.2) is 6.10 Å². The van der Waals surface area contributed by atoms with E-state index in [1.807, 2.05) is 19.1 Å². The Balaban J connectivity index is 1.75. The van der Waals surface area contributed by atoms with Crippen molar-refractivity contribution in [2.45, 2.75) is 20.0 Å². The third kappa shape index (κ3) is 3.27. The van der Waals surface area contributed by atoms with Crippen molar-refractivity contribution in [1.82, 2.24) is 9.66 Å². The number of aromatic nitrogens is 2. The van der Waals surface area contributed by atoms with Crippen LogP contribution < -0.4 is 15.7 Å². The molecule has 1 N–H and O–H groups in total. The van der Waals surface area contributed by atoms with Crippen LogP contribution in [0.3, 0.4) is 0 Å². The van der Waals surface area contributed by atoms with Crippen LogP contribution in [0.2, 0.25) is 0 Å². The Hall–Kier alpha value is -3.15. The number of para-hydroxylation sites is 1. The van der Waals surface area contributed by atoms with Crippen molar-refractivity contribution in [2.24, 2.45) is 0 Å². The molecule has 1 atom stereocenters. The summed E-state index contributed by atoms with van der Waals surface area (Å²) in [5, 5.41) is 0.437. The monoisotopic (exact) mass is 323 g/mol. The molecule has 1 aromatic heterocycles. The standard InChI is InChI=1S/C18H17N3O3/c1-12-7-9-14(10-8-12)24-13(2)17(22)20-21-11-19-16-6-4-3-5-15(16)18(21)23/h3-11,13H,1-2H3,(H,20,22). The molecular weight excluding hydrogens is 306 g/mol. The van der Waals surface area contributed by atoms with Crippen LogP contribution in [0.5, 0.6) is 5.75 Å². The molecule has 0 aliphatic heterocycles. The van der Waals surface area contributed by atoms with Crippen LogP contribution in [0.15, 0.2) is 59.7 Å². The van der Waals surface area contributed by atoms with Crippen LogP contribution in [0, 0.1) is 6.92 Å². The zero-order chi connectivity index (χ0) is 17.1. The Morgan fingerprint density at radius 2 is 1.88 bits per heavy atom. The van der Waals surface area contributed by atoms with Gasteiger partial charge in [-0.25, -0.2) is 9.66 Å². The lowest BCUT2D eigenvalue weighted by Crippen LogP contribution is -2.39. The second kappa shape index (κ2) is 6.54. The number of ether oxygens (including phenoxy) is 1. The third-order valence-corrected chi connectivity index (χ3v) is 3.60. The number of nitrogens with zero attached hydrogens (tertiary/aromatic N) is 2. The fourth-order valence-corrected chi connectivity index (χ4v) is 2.23. The average molecular weight is 323 g/mol. The van der Waals surface area contributed by atoms with Crippen LogP contribution in [0.1, 0.15) is 12.5 Å². The first kappa shape index (κ1) is 15.7. The second-order valence-electron chi connectivity index (χ2n) is 5.49. The highest BCUT2D eigenvalue weighted by atomic mass is 16.5. The molecule has 0 saturated carbocycles. The number of fused-ring (bicyclic) bond motifs is 1. The molecule has 0 bridgehead atoms. The fraction of sp³-hybridized carbons (Fsp3) is 0.167. The van der Waals surface area contributed by atoms with Gasteiger partial charge in [0.25, 0.3) is 11.5 Å². The number of rotatable bonds is 4. The minimum Gasteiger partial charge on any atom is -0.481 e. The number of carbonyl (C=O) groups excluding carboxylic acids is 1. The summed E-state index contributed by atoms with van der Waals surface area (Å²) < 4.78 is 6.65. The number of hydrogen-bond donors (Lipinski definition) is 1. The lowest BCUT2D eigenvalue weighted by Gasteiger charge is -2.15. The van der Waals surface area contributed by atoms with Crippen molar-refractivity contribution in [3.8, 4) is 5.75 Å². The molecule has 0 spiro atoms. The van der Waals surface area contributed by atoms with Gasteiger partial charge in [-0.15, -0.1) is 0 Å². The normalized spacial score (nSPS) is 11.9. The molecule has 0 radical (unpaired) electrons. The van der Waals surface area contributed by atoms with Gasteiger partial charge in [-0.05, 0) is 38.1 Å². The van der Waals surface area contributed by atoms with E-state index in [0.29, 0.717) is 16.7 Å². The Bertz CT molecular complexity index is 932. The number of nitrogens with one attached hydrogen (secondary N) is 1. The molecule has 1 amide bonds. The molecule has 3 rings (SSSR count). The summed E-state index contributed by atoms with van der Waals surface area (Å²) in [6.45, 7) is 3.59. The largest absolute Gasteiger partial charge is 0.481 e. The van der Waals surface area contributed by atoms with Gasteiger partial charge in [0.05, 0.1) is 10.9 Å². The maximum Gasteiger partial charge on any atom is 0.280 e. The van der Waals surface area contributed by atoms with Gasteiger partial charge >= 0.3 is 0 Å². The number of hydrogen-bond acceptors (Lipinski definition) is 4. The van der Waals surface area contributed by atoms with Gasteiger partial charge in [0.2, 0.25) is 0 Å². The van der Waals surface area contributed by atoms with E-state index in [1.165, 1.54) is 6.33 Å². The maximum absolute atomic E-state index is 12.3. The van der Waals surface area contributed by atoms with Crippen LogP contribution in [0.4, 0.5) is 0 Å². The molecular formula is C18H17N3O3. The van der Waals surface area contributed by atoms with Crippen molar-refractivity contribution in [3.63, 3.8) is 0 Å². The molecule has 0 fully saturated rings. The van der Waals surface area contributed by atoms with Gasteiger partial charge < -0.3 is 4.74 Å². The topological polar surface area (TPSA) is 73.2 Å². The minimum absolute atomic E-state index is 0.337. The zero-order valence-corrected chi connectivity index (χ0v) is 13.4.